The Morgan fingerprint density at radius 3 is 2.54 bits per heavy atom. The molecule has 0 heterocycles. The molecular formula is C20H34O5S. The fourth-order valence-corrected chi connectivity index (χ4v) is 4.01. The minimum Gasteiger partial charge on any atom is -0.481 e. The fraction of sp³-hybridized carbons (Fsp3) is 0.800. The van der Waals surface area contributed by atoms with Crippen LogP contribution < -0.4 is 0 Å². The summed E-state index contributed by atoms with van der Waals surface area (Å²) in [7, 11) is 0. The highest BCUT2D eigenvalue weighted by Crippen LogP contribution is 2.35. The molecule has 5 atom stereocenters. The maximum atomic E-state index is 10.5. The van der Waals surface area contributed by atoms with Gasteiger partial charge in [-0.1, -0.05) is 43.6 Å². The van der Waals surface area contributed by atoms with Crippen molar-refractivity contribution in [2.24, 2.45) is 11.8 Å². The molecule has 0 bridgehead atoms. The van der Waals surface area contributed by atoms with E-state index >= 15 is 0 Å². The molecule has 0 radical (unpaired) electrons. The van der Waals surface area contributed by atoms with Crippen LogP contribution >= 0.6 is 12.2 Å². The third-order valence-corrected chi connectivity index (χ3v) is 5.54. The first-order chi connectivity index (χ1) is 12.3. The second-order valence-corrected chi connectivity index (χ2v) is 8.02. The molecule has 0 amide bonds. The lowest BCUT2D eigenvalue weighted by Gasteiger charge is -2.19. The van der Waals surface area contributed by atoms with E-state index in [1.165, 1.54) is 0 Å². The van der Waals surface area contributed by atoms with Crippen molar-refractivity contribution >= 4 is 23.1 Å². The van der Waals surface area contributed by atoms with Crippen LogP contribution in [0.25, 0.3) is 0 Å². The van der Waals surface area contributed by atoms with E-state index in [0.29, 0.717) is 25.7 Å². The summed E-state index contributed by atoms with van der Waals surface area (Å²) in [6.45, 7) is 1.74. The Morgan fingerprint density at radius 2 is 1.88 bits per heavy atom. The van der Waals surface area contributed by atoms with Crippen molar-refractivity contribution in [3.63, 3.8) is 0 Å². The van der Waals surface area contributed by atoms with Crippen LogP contribution in [0.5, 0.6) is 0 Å². The van der Waals surface area contributed by atoms with Gasteiger partial charge in [0.05, 0.1) is 18.3 Å². The third kappa shape index (κ3) is 9.21. The Morgan fingerprint density at radius 1 is 1.19 bits per heavy atom. The van der Waals surface area contributed by atoms with E-state index in [0.717, 1.165) is 37.0 Å². The molecule has 4 N–H and O–H groups in total. The summed E-state index contributed by atoms with van der Waals surface area (Å²) < 4.78 is 0. The Labute approximate surface area is 162 Å². The standard InChI is InChI=1S/C20H34O5S/c1-14(21)7-6-8-15(22)11-12-16-17(19(26)13-18(16)23)9-4-2-3-5-10-20(24)25/h11-12,14-18,21-23H,2-10,13H2,1H3,(H,24,25)/t14-,15+,16-,17-,18-/m1/s1. The van der Waals surface area contributed by atoms with E-state index < -0.39 is 18.2 Å². The number of aliphatic carboxylic acids is 1. The van der Waals surface area contributed by atoms with Gasteiger partial charge < -0.3 is 20.4 Å². The number of hydrogen-bond donors (Lipinski definition) is 4. The van der Waals surface area contributed by atoms with Crippen LogP contribution in [0.1, 0.15) is 71.1 Å². The minimum absolute atomic E-state index is 0.0482. The molecule has 0 aliphatic heterocycles. The van der Waals surface area contributed by atoms with Crippen molar-refractivity contribution in [1.82, 2.24) is 0 Å². The minimum atomic E-state index is -0.748. The zero-order valence-corrected chi connectivity index (χ0v) is 16.5. The van der Waals surface area contributed by atoms with E-state index in [9.17, 15) is 20.1 Å². The highest BCUT2D eigenvalue weighted by molar-refractivity contribution is 7.80. The predicted octanol–water partition coefficient (Wildman–Crippen LogP) is 3.25. The average Bonchev–Trinajstić information content (AvgIpc) is 2.81. The maximum Gasteiger partial charge on any atom is 0.303 e. The summed E-state index contributed by atoms with van der Waals surface area (Å²) in [6, 6.07) is 0. The Hall–Kier alpha value is -0.820. The Kier molecular flexibility index (Phi) is 11.2. The van der Waals surface area contributed by atoms with Crippen LogP contribution in [0.4, 0.5) is 0 Å². The zero-order chi connectivity index (χ0) is 19.5. The fourth-order valence-electron chi connectivity index (χ4n) is 3.56. The predicted molar refractivity (Wildman–Crippen MR) is 106 cm³/mol. The van der Waals surface area contributed by atoms with Crippen molar-refractivity contribution < 1.29 is 25.2 Å². The summed E-state index contributed by atoms with van der Waals surface area (Å²) in [6.07, 6.45) is 9.50. The van der Waals surface area contributed by atoms with Crippen molar-refractivity contribution in [1.29, 1.82) is 0 Å². The lowest BCUT2D eigenvalue weighted by molar-refractivity contribution is -0.137. The van der Waals surface area contributed by atoms with Crippen molar-refractivity contribution in [2.75, 3.05) is 0 Å². The SMILES string of the molecule is C[C@@H](O)CCC[C@H](O)C=C[C@H]1[C@H](O)CC(=S)[C@@H]1CCCCCCC(=O)O. The molecule has 1 fully saturated rings. The number of hydrogen-bond acceptors (Lipinski definition) is 5. The largest absolute Gasteiger partial charge is 0.481 e. The molecule has 0 aromatic carbocycles. The van der Waals surface area contributed by atoms with Gasteiger partial charge in [0.25, 0.3) is 0 Å². The van der Waals surface area contributed by atoms with E-state index in [4.69, 9.17) is 17.3 Å². The molecule has 26 heavy (non-hydrogen) atoms. The number of unbranched alkanes of at least 4 members (excludes halogenated alkanes) is 3. The van der Waals surface area contributed by atoms with Gasteiger partial charge in [0.1, 0.15) is 0 Å². The van der Waals surface area contributed by atoms with E-state index in [-0.39, 0.29) is 24.4 Å². The summed E-state index contributed by atoms with van der Waals surface area (Å²) in [5.41, 5.74) is 0. The van der Waals surface area contributed by atoms with E-state index in [1.807, 2.05) is 6.08 Å². The zero-order valence-electron chi connectivity index (χ0n) is 15.7. The van der Waals surface area contributed by atoms with Gasteiger partial charge in [0.15, 0.2) is 0 Å². The second kappa shape index (κ2) is 12.5. The van der Waals surface area contributed by atoms with Crippen LogP contribution in [0, 0.1) is 11.8 Å². The van der Waals surface area contributed by atoms with Gasteiger partial charge in [-0.25, -0.2) is 0 Å². The highest BCUT2D eigenvalue weighted by atomic mass is 32.1. The average molecular weight is 387 g/mol. The van der Waals surface area contributed by atoms with Crippen LogP contribution in [-0.4, -0.2) is 49.6 Å². The summed E-state index contributed by atoms with van der Waals surface area (Å²) >= 11 is 5.45. The van der Waals surface area contributed by atoms with Gasteiger partial charge in [0.2, 0.25) is 0 Å². The van der Waals surface area contributed by atoms with Crippen molar-refractivity contribution in [3.8, 4) is 0 Å². The van der Waals surface area contributed by atoms with Gasteiger partial charge in [-0.15, -0.1) is 0 Å². The number of aliphatic hydroxyl groups excluding tert-OH is 3. The van der Waals surface area contributed by atoms with Crippen molar-refractivity contribution in [3.05, 3.63) is 12.2 Å². The van der Waals surface area contributed by atoms with E-state index in [1.54, 1.807) is 13.0 Å². The molecule has 0 aromatic rings. The number of rotatable bonds is 13. The first-order valence-corrected chi connectivity index (χ1v) is 10.2. The molecular weight excluding hydrogens is 352 g/mol. The second-order valence-electron chi connectivity index (χ2n) is 7.50. The monoisotopic (exact) mass is 386 g/mol. The van der Waals surface area contributed by atoms with Gasteiger partial charge in [0, 0.05) is 18.8 Å². The molecule has 1 saturated carbocycles. The van der Waals surface area contributed by atoms with Gasteiger partial charge in [-0.3, -0.25) is 4.79 Å². The van der Waals surface area contributed by atoms with Crippen molar-refractivity contribution in [2.45, 2.75) is 89.4 Å². The normalized spacial score (nSPS) is 25.7. The highest BCUT2D eigenvalue weighted by Gasteiger charge is 2.36. The molecule has 1 aliphatic carbocycles. The van der Waals surface area contributed by atoms with Gasteiger partial charge in [-0.05, 0) is 49.8 Å². The van der Waals surface area contributed by atoms with Gasteiger partial charge >= 0.3 is 5.97 Å². The summed E-state index contributed by atoms with van der Waals surface area (Å²) in [5, 5.41) is 38.2. The topological polar surface area (TPSA) is 98.0 Å². The molecule has 5 nitrogen and oxygen atoms in total. The number of carboxylic acids is 1. The Bertz CT molecular complexity index is 463. The molecule has 6 heteroatoms. The molecule has 0 saturated heterocycles. The number of carboxylic acid groups (broad SMARTS) is 1. The first-order valence-electron chi connectivity index (χ1n) is 9.78. The van der Waals surface area contributed by atoms with Crippen LogP contribution in [0.3, 0.4) is 0 Å². The smallest absolute Gasteiger partial charge is 0.303 e. The molecule has 0 spiro atoms. The quantitative estimate of drug-likeness (QED) is 0.220. The summed E-state index contributed by atoms with van der Waals surface area (Å²) in [4.78, 5) is 11.4. The molecule has 150 valence electrons. The van der Waals surface area contributed by atoms with Gasteiger partial charge in [-0.2, -0.15) is 0 Å². The number of carbonyl (C=O) groups is 1. The molecule has 1 aliphatic rings. The lowest BCUT2D eigenvalue weighted by atomic mass is 9.88. The first kappa shape index (κ1) is 23.2. The number of aliphatic hydroxyl groups is 3. The van der Waals surface area contributed by atoms with Crippen LogP contribution in [0.15, 0.2) is 12.2 Å². The molecule has 0 aromatic heterocycles. The van der Waals surface area contributed by atoms with E-state index in [2.05, 4.69) is 0 Å². The van der Waals surface area contributed by atoms with Crippen LogP contribution in [0.2, 0.25) is 0 Å². The summed E-state index contributed by atoms with van der Waals surface area (Å²) in [5.74, 6) is -0.643. The molecule has 1 rings (SSSR count). The van der Waals surface area contributed by atoms with Crippen LogP contribution in [-0.2, 0) is 4.79 Å². The molecule has 0 unspecified atom stereocenters. The maximum absolute atomic E-state index is 10.5. The third-order valence-electron chi connectivity index (χ3n) is 5.07. The Balaban J connectivity index is 2.39. The lowest BCUT2D eigenvalue weighted by Crippen LogP contribution is -2.19. The number of thiocarbonyl (C=S) groups is 1.